The first-order chi connectivity index (χ1) is 44.1. The van der Waals surface area contributed by atoms with Crippen LogP contribution in [0.2, 0.25) is 0 Å². The van der Waals surface area contributed by atoms with Crippen molar-refractivity contribution in [1.82, 2.24) is 0 Å². The molecule has 530 valence electrons. The first-order valence-corrected chi connectivity index (χ1v) is 39.6. The molecule has 0 rings (SSSR count). The number of esters is 2. The van der Waals surface area contributed by atoms with E-state index in [1.54, 1.807) is 0 Å². The minimum Gasteiger partial charge on any atom is -0.545 e. The van der Waals surface area contributed by atoms with Gasteiger partial charge in [-0.25, -0.2) is 0 Å². The van der Waals surface area contributed by atoms with Crippen molar-refractivity contribution in [3.63, 3.8) is 0 Å². The average molecular weight is 1270 g/mol. The van der Waals surface area contributed by atoms with Gasteiger partial charge in [0.1, 0.15) is 13.2 Å². The SMILES string of the molecule is CCCCCCC/C=C\C/C=C\C/C=C\CCCCCCCCCCCCCCCCCCCCC(=O)OC(COC(=O)CCCCCCCCCCCCCCCCCCCCCCCCCCCCCCCCCC)COC(OCC[N+](C)(C)C)C(=O)[O-]. The fourth-order valence-electron chi connectivity index (χ4n) is 12.1. The second kappa shape index (κ2) is 72.3. The molecule has 9 nitrogen and oxygen atoms in total. The van der Waals surface area contributed by atoms with Gasteiger partial charge in [0.2, 0.25) is 0 Å². The van der Waals surface area contributed by atoms with Crippen LogP contribution in [0, 0.1) is 0 Å². The van der Waals surface area contributed by atoms with Gasteiger partial charge in [-0.2, -0.15) is 0 Å². The van der Waals surface area contributed by atoms with Crippen LogP contribution in [0.3, 0.4) is 0 Å². The quantitative estimate of drug-likeness (QED) is 0.0195. The Morgan fingerprint density at radius 2 is 0.600 bits per heavy atom. The maximum absolute atomic E-state index is 13.0. The van der Waals surface area contributed by atoms with E-state index in [2.05, 4.69) is 50.3 Å². The van der Waals surface area contributed by atoms with E-state index in [0.29, 0.717) is 17.4 Å². The van der Waals surface area contributed by atoms with Gasteiger partial charge in [0, 0.05) is 12.8 Å². The molecule has 0 heterocycles. The predicted molar refractivity (Wildman–Crippen MR) is 385 cm³/mol. The van der Waals surface area contributed by atoms with Crippen LogP contribution < -0.4 is 5.11 Å². The van der Waals surface area contributed by atoms with Crippen LogP contribution in [0.4, 0.5) is 0 Å². The van der Waals surface area contributed by atoms with Gasteiger partial charge in [0.15, 0.2) is 12.4 Å². The summed E-state index contributed by atoms with van der Waals surface area (Å²) in [6, 6.07) is 0. The summed E-state index contributed by atoms with van der Waals surface area (Å²) in [6.07, 6.45) is 89.8. The minimum atomic E-state index is -1.62. The number of hydrogen-bond donors (Lipinski definition) is 0. The summed E-state index contributed by atoms with van der Waals surface area (Å²) in [5.41, 5.74) is 0. The molecule has 0 aliphatic heterocycles. The highest BCUT2D eigenvalue weighted by Crippen LogP contribution is 2.20. The van der Waals surface area contributed by atoms with Crippen molar-refractivity contribution in [3.05, 3.63) is 36.5 Å². The first kappa shape index (κ1) is 87.5. The molecule has 2 unspecified atom stereocenters. The maximum atomic E-state index is 13.0. The number of hydrogen-bond acceptors (Lipinski definition) is 8. The lowest BCUT2D eigenvalue weighted by Crippen LogP contribution is -2.44. The van der Waals surface area contributed by atoms with E-state index in [1.807, 2.05) is 21.1 Å². The van der Waals surface area contributed by atoms with E-state index in [9.17, 15) is 19.5 Å². The molecule has 0 aromatic heterocycles. The normalized spacial score (nSPS) is 12.8. The van der Waals surface area contributed by atoms with Crippen molar-refractivity contribution in [3.8, 4) is 0 Å². The lowest BCUT2D eigenvalue weighted by Gasteiger charge is -2.26. The zero-order valence-electron chi connectivity index (χ0n) is 60.8. The third-order valence-corrected chi connectivity index (χ3v) is 18.1. The second-order valence-electron chi connectivity index (χ2n) is 28.4. The van der Waals surface area contributed by atoms with Crippen molar-refractivity contribution < 1.29 is 42.9 Å². The van der Waals surface area contributed by atoms with Gasteiger partial charge in [-0.15, -0.1) is 0 Å². The van der Waals surface area contributed by atoms with E-state index >= 15 is 0 Å². The summed E-state index contributed by atoms with van der Waals surface area (Å²) in [7, 11) is 5.95. The standard InChI is InChI=1S/C81H153NO8/c1-6-8-10-12-14-16-18-20-22-24-26-28-30-32-34-36-38-40-42-44-46-48-50-52-54-56-58-60-62-64-66-68-70-72-79(84)90-77(76-89-81(80(85)86)87-74-73-82(3,4)5)75-88-78(83)71-69-67-65-63-61-59-57-55-53-51-49-47-45-43-41-39-37-35-33-31-29-27-25-23-21-19-17-15-13-11-9-7-2/h18,20,24,26,30,32,77,81H,6-17,19,21-23,25,27-29,31,33-76H2,1-5H3/b20-18-,26-24-,32-30-. The highest BCUT2D eigenvalue weighted by Gasteiger charge is 2.22. The molecule has 0 radical (unpaired) electrons. The number of aliphatic carboxylic acids is 1. The summed E-state index contributed by atoms with van der Waals surface area (Å²) in [6.45, 7) is 4.82. The maximum Gasteiger partial charge on any atom is 0.306 e. The minimum absolute atomic E-state index is 0.151. The van der Waals surface area contributed by atoms with E-state index in [1.165, 1.54) is 327 Å². The number of unbranched alkanes of at least 4 members (excludes halogenated alkanes) is 54. The van der Waals surface area contributed by atoms with Crippen molar-refractivity contribution in [2.45, 2.75) is 418 Å². The van der Waals surface area contributed by atoms with Gasteiger partial charge in [-0.3, -0.25) is 9.59 Å². The number of likely N-dealkylation sites (N-methyl/N-ethyl adjacent to an activating group) is 1. The smallest absolute Gasteiger partial charge is 0.306 e. The Labute approximate surface area is 560 Å². The number of carboxylic acid groups (broad SMARTS) is 1. The van der Waals surface area contributed by atoms with Crippen LogP contribution in [-0.2, 0) is 33.3 Å². The largest absolute Gasteiger partial charge is 0.545 e. The lowest BCUT2D eigenvalue weighted by molar-refractivity contribution is -0.870. The Morgan fingerprint density at radius 1 is 0.333 bits per heavy atom. The van der Waals surface area contributed by atoms with Crippen molar-refractivity contribution in [1.29, 1.82) is 0 Å². The summed E-state index contributed by atoms with van der Waals surface area (Å²) in [4.78, 5) is 37.6. The van der Waals surface area contributed by atoms with E-state index in [0.717, 1.165) is 51.4 Å². The molecule has 0 amide bonds. The Balaban J connectivity index is 3.99. The molecule has 0 aliphatic carbocycles. The highest BCUT2D eigenvalue weighted by atomic mass is 16.7. The van der Waals surface area contributed by atoms with E-state index in [-0.39, 0.29) is 32.2 Å². The Morgan fingerprint density at radius 3 is 0.889 bits per heavy atom. The molecule has 0 saturated carbocycles. The van der Waals surface area contributed by atoms with Crippen LogP contribution in [0.5, 0.6) is 0 Å². The lowest BCUT2D eigenvalue weighted by atomic mass is 10.0. The van der Waals surface area contributed by atoms with Crippen molar-refractivity contribution >= 4 is 17.9 Å². The Bertz CT molecular complexity index is 1570. The number of allylic oxidation sites excluding steroid dienone is 6. The summed E-state index contributed by atoms with van der Waals surface area (Å²) in [5.74, 6) is -2.25. The monoisotopic (exact) mass is 1270 g/mol. The van der Waals surface area contributed by atoms with Crippen molar-refractivity contribution in [2.24, 2.45) is 0 Å². The molecule has 0 aliphatic rings. The highest BCUT2D eigenvalue weighted by molar-refractivity contribution is 5.70. The van der Waals surface area contributed by atoms with E-state index < -0.39 is 24.3 Å². The van der Waals surface area contributed by atoms with Gasteiger partial charge in [-0.05, 0) is 51.4 Å². The summed E-state index contributed by atoms with van der Waals surface area (Å²) >= 11 is 0. The molecule has 0 N–H and O–H groups in total. The number of carbonyl (C=O) groups is 3. The summed E-state index contributed by atoms with van der Waals surface area (Å²) < 4.78 is 22.9. The van der Waals surface area contributed by atoms with Crippen LogP contribution in [0.1, 0.15) is 406 Å². The van der Waals surface area contributed by atoms with Gasteiger partial charge >= 0.3 is 11.9 Å². The molecular weight excluding hydrogens is 1110 g/mol. The van der Waals surface area contributed by atoms with Gasteiger partial charge < -0.3 is 33.3 Å². The zero-order valence-corrected chi connectivity index (χ0v) is 60.8. The summed E-state index contributed by atoms with van der Waals surface area (Å²) in [5, 5.41) is 11.9. The van der Waals surface area contributed by atoms with Crippen LogP contribution in [0.15, 0.2) is 36.5 Å². The molecule has 9 heteroatoms. The number of rotatable bonds is 75. The van der Waals surface area contributed by atoms with Crippen LogP contribution in [-0.4, -0.2) is 82.3 Å². The fraction of sp³-hybridized carbons (Fsp3) is 0.889. The fourth-order valence-corrected chi connectivity index (χ4v) is 12.1. The van der Waals surface area contributed by atoms with Gasteiger partial charge in [0.05, 0.1) is 40.3 Å². The Kier molecular flexibility index (Phi) is 70.3. The zero-order chi connectivity index (χ0) is 65.4. The van der Waals surface area contributed by atoms with E-state index in [4.69, 9.17) is 18.9 Å². The van der Waals surface area contributed by atoms with Gasteiger partial charge in [-0.1, -0.05) is 378 Å². The number of ether oxygens (including phenoxy) is 4. The molecule has 90 heavy (non-hydrogen) atoms. The van der Waals surface area contributed by atoms with Crippen LogP contribution in [0.25, 0.3) is 0 Å². The molecule has 0 aromatic rings. The molecular formula is C81H153NO8. The van der Waals surface area contributed by atoms with Crippen molar-refractivity contribution in [2.75, 3.05) is 47.5 Å². The molecule has 0 saturated heterocycles. The Hall–Kier alpha value is -2.49. The van der Waals surface area contributed by atoms with Gasteiger partial charge in [0.25, 0.3) is 0 Å². The topological polar surface area (TPSA) is 111 Å². The second-order valence-corrected chi connectivity index (χ2v) is 28.4. The molecule has 0 fully saturated rings. The number of carbonyl (C=O) groups excluding carboxylic acids is 3. The average Bonchev–Trinajstić information content (AvgIpc) is 3.72. The molecule has 0 aromatic carbocycles. The molecule has 0 bridgehead atoms. The third kappa shape index (κ3) is 72.9. The first-order valence-electron chi connectivity index (χ1n) is 39.6. The third-order valence-electron chi connectivity index (χ3n) is 18.1. The molecule has 0 spiro atoms. The predicted octanol–water partition coefficient (Wildman–Crippen LogP) is 23.8. The molecule has 2 atom stereocenters. The number of carboxylic acids is 1. The number of nitrogens with zero attached hydrogens (tertiary/aromatic N) is 1. The van der Waals surface area contributed by atoms with Crippen LogP contribution >= 0.6 is 0 Å². The number of quaternary nitrogens is 1.